The Bertz CT molecular complexity index is 175. The maximum absolute atomic E-state index is 11.5. The van der Waals surface area contributed by atoms with Gasteiger partial charge in [0.1, 0.15) is 6.10 Å². The van der Waals surface area contributed by atoms with Crippen molar-refractivity contribution in [2.45, 2.75) is 45.6 Å². The summed E-state index contributed by atoms with van der Waals surface area (Å²) < 4.78 is 10.2. The number of hydrogen-bond donors (Lipinski definition) is 0. The molecule has 82 valence electrons. The van der Waals surface area contributed by atoms with Gasteiger partial charge in [-0.1, -0.05) is 33.1 Å². The Morgan fingerprint density at radius 1 is 1.50 bits per heavy atom. The first-order valence-electron chi connectivity index (χ1n) is 5.52. The molecule has 1 fully saturated rings. The van der Waals surface area contributed by atoms with Gasteiger partial charge in [0.25, 0.3) is 0 Å². The third-order valence-electron chi connectivity index (χ3n) is 2.53. The van der Waals surface area contributed by atoms with Crippen molar-refractivity contribution in [1.82, 2.24) is 0 Å². The molecule has 1 aliphatic rings. The molecular weight excluding hydrogens is 180 g/mol. The van der Waals surface area contributed by atoms with Gasteiger partial charge in [-0.2, -0.15) is 0 Å². The quantitative estimate of drug-likeness (QED) is 0.487. The van der Waals surface area contributed by atoms with Crippen molar-refractivity contribution in [3.05, 3.63) is 0 Å². The second-order valence-corrected chi connectivity index (χ2v) is 3.99. The van der Waals surface area contributed by atoms with Crippen molar-refractivity contribution in [3.8, 4) is 0 Å². The highest BCUT2D eigenvalue weighted by molar-refractivity contribution is 5.72. The van der Waals surface area contributed by atoms with E-state index in [-0.39, 0.29) is 18.0 Å². The molecule has 1 heterocycles. The molecule has 0 aromatic heterocycles. The van der Waals surface area contributed by atoms with Gasteiger partial charge in [-0.25, -0.2) is 0 Å². The molecule has 0 spiro atoms. The van der Waals surface area contributed by atoms with Crippen LogP contribution < -0.4 is 0 Å². The molecule has 1 rings (SSSR count). The summed E-state index contributed by atoms with van der Waals surface area (Å²) in [6, 6.07) is 0. The minimum atomic E-state index is -0.0607. The van der Waals surface area contributed by atoms with Crippen LogP contribution in [0.2, 0.25) is 0 Å². The molecule has 1 atom stereocenters. The van der Waals surface area contributed by atoms with Crippen molar-refractivity contribution in [1.29, 1.82) is 0 Å². The third kappa shape index (κ3) is 3.66. The molecule has 14 heavy (non-hydrogen) atoms. The molecule has 0 aliphatic carbocycles. The minimum absolute atomic E-state index is 0.0242. The second kappa shape index (κ2) is 6.02. The van der Waals surface area contributed by atoms with Gasteiger partial charge in [0.05, 0.1) is 19.1 Å². The van der Waals surface area contributed by atoms with Crippen LogP contribution in [0.15, 0.2) is 0 Å². The van der Waals surface area contributed by atoms with E-state index in [1.807, 2.05) is 6.92 Å². The van der Waals surface area contributed by atoms with Gasteiger partial charge < -0.3 is 9.47 Å². The zero-order valence-corrected chi connectivity index (χ0v) is 9.12. The van der Waals surface area contributed by atoms with Crippen molar-refractivity contribution in [3.63, 3.8) is 0 Å². The maximum Gasteiger partial charge on any atom is 0.309 e. The summed E-state index contributed by atoms with van der Waals surface area (Å²) in [6.45, 7) is 5.26. The molecule has 0 saturated carbocycles. The number of carbonyl (C=O) groups excluding carboxylic acids is 1. The van der Waals surface area contributed by atoms with E-state index < -0.39 is 0 Å². The van der Waals surface area contributed by atoms with Crippen LogP contribution in [0.25, 0.3) is 0 Å². The van der Waals surface area contributed by atoms with Crippen molar-refractivity contribution in [2.75, 3.05) is 13.2 Å². The van der Waals surface area contributed by atoms with E-state index in [0.717, 1.165) is 12.8 Å². The average Bonchev–Trinajstić information content (AvgIpc) is 2.11. The molecule has 0 radical (unpaired) electrons. The molecule has 1 unspecified atom stereocenters. The molecule has 0 bridgehead atoms. The zero-order valence-electron chi connectivity index (χ0n) is 9.12. The third-order valence-corrected chi connectivity index (χ3v) is 2.53. The molecule has 1 saturated heterocycles. The van der Waals surface area contributed by atoms with Gasteiger partial charge in [-0.3, -0.25) is 4.79 Å². The van der Waals surface area contributed by atoms with Crippen LogP contribution in [-0.2, 0) is 14.3 Å². The Hall–Kier alpha value is -0.570. The van der Waals surface area contributed by atoms with E-state index in [1.165, 1.54) is 12.8 Å². The summed E-state index contributed by atoms with van der Waals surface area (Å²) >= 11 is 0. The highest BCUT2D eigenvalue weighted by Crippen LogP contribution is 2.14. The maximum atomic E-state index is 11.5. The average molecular weight is 200 g/mol. The molecule has 1 aliphatic heterocycles. The van der Waals surface area contributed by atoms with Crippen molar-refractivity contribution >= 4 is 5.97 Å². The van der Waals surface area contributed by atoms with Crippen LogP contribution >= 0.6 is 0 Å². The summed E-state index contributed by atoms with van der Waals surface area (Å²) in [6.07, 6.45) is 4.48. The fourth-order valence-corrected chi connectivity index (χ4v) is 1.38. The Morgan fingerprint density at radius 2 is 2.21 bits per heavy atom. The monoisotopic (exact) mass is 200 g/mol. The SMILES string of the molecule is CCCCCC(C)C(=O)OC1COC1. The van der Waals surface area contributed by atoms with E-state index >= 15 is 0 Å². The fourth-order valence-electron chi connectivity index (χ4n) is 1.38. The summed E-state index contributed by atoms with van der Waals surface area (Å²) in [4.78, 5) is 11.5. The number of unbranched alkanes of at least 4 members (excludes halogenated alkanes) is 2. The van der Waals surface area contributed by atoms with Crippen LogP contribution in [0.3, 0.4) is 0 Å². The molecule has 3 heteroatoms. The summed E-state index contributed by atoms with van der Waals surface area (Å²) in [5.41, 5.74) is 0. The van der Waals surface area contributed by atoms with Crippen LogP contribution in [-0.4, -0.2) is 25.3 Å². The van der Waals surface area contributed by atoms with Crippen molar-refractivity contribution < 1.29 is 14.3 Å². The summed E-state index contributed by atoms with van der Waals surface area (Å²) in [7, 11) is 0. The second-order valence-electron chi connectivity index (χ2n) is 3.99. The van der Waals surface area contributed by atoms with E-state index in [9.17, 15) is 4.79 Å². The summed E-state index contributed by atoms with van der Waals surface area (Å²) in [5.74, 6) is -0.0171. The van der Waals surface area contributed by atoms with Gasteiger partial charge in [-0.15, -0.1) is 0 Å². The molecule has 0 aromatic rings. The number of esters is 1. The first kappa shape index (κ1) is 11.5. The van der Waals surface area contributed by atoms with E-state index in [2.05, 4.69) is 6.92 Å². The lowest BCUT2D eigenvalue weighted by Gasteiger charge is -2.26. The standard InChI is InChI=1S/C11H20O3/c1-3-4-5-6-9(2)11(12)14-10-7-13-8-10/h9-10H,3-8H2,1-2H3. The van der Waals surface area contributed by atoms with Gasteiger partial charge in [-0.05, 0) is 6.42 Å². The smallest absolute Gasteiger partial charge is 0.309 e. The van der Waals surface area contributed by atoms with Crippen LogP contribution in [0.4, 0.5) is 0 Å². The fraction of sp³-hybridized carbons (Fsp3) is 0.909. The number of rotatable bonds is 6. The van der Waals surface area contributed by atoms with Gasteiger partial charge in [0.2, 0.25) is 0 Å². The van der Waals surface area contributed by atoms with E-state index in [0.29, 0.717) is 13.2 Å². The Morgan fingerprint density at radius 3 is 2.71 bits per heavy atom. The topological polar surface area (TPSA) is 35.5 Å². The number of hydrogen-bond acceptors (Lipinski definition) is 3. The van der Waals surface area contributed by atoms with Crippen LogP contribution in [0.5, 0.6) is 0 Å². The Balaban J connectivity index is 2.08. The largest absolute Gasteiger partial charge is 0.457 e. The lowest BCUT2D eigenvalue weighted by Crippen LogP contribution is -2.39. The molecule has 0 aromatic carbocycles. The lowest BCUT2D eigenvalue weighted by molar-refractivity contribution is -0.176. The molecular formula is C11H20O3. The van der Waals surface area contributed by atoms with Gasteiger partial charge in [0.15, 0.2) is 0 Å². The summed E-state index contributed by atoms with van der Waals surface area (Å²) in [5, 5.41) is 0. The molecule has 0 amide bonds. The molecule has 0 N–H and O–H groups in total. The molecule has 3 nitrogen and oxygen atoms in total. The van der Waals surface area contributed by atoms with Gasteiger partial charge in [0, 0.05) is 0 Å². The van der Waals surface area contributed by atoms with Crippen molar-refractivity contribution in [2.24, 2.45) is 5.92 Å². The lowest BCUT2D eigenvalue weighted by atomic mass is 10.0. The predicted octanol–water partition coefficient (Wildman–Crippen LogP) is 2.14. The van der Waals surface area contributed by atoms with E-state index in [1.54, 1.807) is 0 Å². The van der Waals surface area contributed by atoms with Crippen LogP contribution in [0, 0.1) is 5.92 Å². The highest BCUT2D eigenvalue weighted by Gasteiger charge is 2.25. The zero-order chi connectivity index (χ0) is 10.4. The van der Waals surface area contributed by atoms with E-state index in [4.69, 9.17) is 9.47 Å². The Kier molecular flexibility index (Phi) is 4.94. The van der Waals surface area contributed by atoms with Crippen LogP contribution in [0.1, 0.15) is 39.5 Å². The number of ether oxygens (including phenoxy) is 2. The normalized spacial score (nSPS) is 18.7. The highest BCUT2D eigenvalue weighted by atomic mass is 16.6. The number of carbonyl (C=O) groups is 1. The Labute approximate surface area is 85.8 Å². The predicted molar refractivity (Wildman–Crippen MR) is 54.0 cm³/mol. The minimum Gasteiger partial charge on any atom is -0.457 e. The van der Waals surface area contributed by atoms with Gasteiger partial charge >= 0.3 is 5.97 Å². The first-order chi connectivity index (χ1) is 6.74. The first-order valence-corrected chi connectivity index (χ1v) is 5.52.